The van der Waals surface area contributed by atoms with Gasteiger partial charge in [0.25, 0.3) is 0 Å². The molecular weight excluding hydrogens is 279 g/mol. The Balaban J connectivity index is 2.35. The smallest absolute Gasteiger partial charge is 0.406 e. The van der Waals surface area contributed by atoms with Crippen LogP contribution in [0.4, 0.5) is 13.2 Å². The van der Waals surface area contributed by atoms with Gasteiger partial charge in [-0.3, -0.25) is 19.3 Å². The monoisotopic (exact) mass is 291 g/mol. The molecule has 1 fully saturated rings. The van der Waals surface area contributed by atoms with Gasteiger partial charge in [0.1, 0.15) is 6.54 Å². The summed E-state index contributed by atoms with van der Waals surface area (Å²) in [5.74, 6) is -7.37. The number of aliphatic carboxylic acids is 1. The molecule has 0 aromatic carbocycles. The van der Waals surface area contributed by atoms with Crippen molar-refractivity contribution in [2.75, 3.05) is 6.54 Å². The largest absolute Gasteiger partial charge is 0.481 e. The molecule has 5 nitrogen and oxygen atoms in total. The molecule has 1 N–H and O–H groups in total. The lowest BCUT2D eigenvalue weighted by Crippen LogP contribution is -2.41. The maximum absolute atomic E-state index is 12.4. The van der Waals surface area contributed by atoms with E-state index in [1.807, 2.05) is 0 Å². The highest BCUT2D eigenvalue weighted by Crippen LogP contribution is 2.41. The van der Waals surface area contributed by atoms with Crippen LogP contribution >= 0.6 is 0 Å². The molecule has 1 aliphatic heterocycles. The molecule has 0 radical (unpaired) electrons. The summed E-state index contributed by atoms with van der Waals surface area (Å²) in [4.78, 5) is 35.2. The molecule has 8 heteroatoms. The molecule has 4 atom stereocenters. The minimum atomic E-state index is -4.70. The molecule has 0 bridgehead atoms. The van der Waals surface area contributed by atoms with Crippen molar-refractivity contribution in [2.24, 2.45) is 23.7 Å². The van der Waals surface area contributed by atoms with Crippen LogP contribution in [0.15, 0.2) is 12.2 Å². The number of carboxylic acid groups (broad SMARTS) is 1. The van der Waals surface area contributed by atoms with Crippen molar-refractivity contribution in [3.05, 3.63) is 12.2 Å². The molecule has 0 saturated carbocycles. The van der Waals surface area contributed by atoms with Gasteiger partial charge in [-0.2, -0.15) is 13.2 Å². The summed E-state index contributed by atoms with van der Waals surface area (Å²) in [7, 11) is 0. The van der Waals surface area contributed by atoms with E-state index in [2.05, 4.69) is 0 Å². The third-order valence-electron chi connectivity index (χ3n) is 3.69. The summed E-state index contributed by atoms with van der Waals surface area (Å²) >= 11 is 0. The summed E-state index contributed by atoms with van der Waals surface area (Å²) < 4.78 is 37.2. The van der Waals surface area contributed by atoms with Crippen LogP contribution < -0.4 is 0 Å². The third kappa shape index (κ3) is 2.30. The summed E-state index contributed by atoms with van der Waals surface area (Å²) in [5.41, 5.74) is 0. The van der Waals surface area contributed by atoms with Gasteiger partial charge in [-0.1, -0.05) is 19.1 Å². The van der Waals surface area contributed by atoms with Crippen molar-refractivity contribution >= 4 is 17.8 Å². The Bertz CT molecular complexity index is 499. The number of rotatable bonds is 2. The highest BCUT2D eigenvalue weighted by Gasteiger charge is 2.56. The lowest BCUT2D eigenvalue weighted by molar-refractivity contribution is -0.167. The molecule has 0 aromatic rings. The first kappa shape index (κ1) is 14.5. The quantitative estimate of drug-likeness (QED) is 0.609. The number of carbonyl (C=O) groups excluding carboxylic acids is 2. The average Bonchev–Trinajstić information content (AvgIpc) is 2.52. The van der Waals surface area contributed by atoms with Crippen LogP contribution in [-0.4, -0.2) is 40.5 Å². The topological polar surface area (TPSA) is 74.7 Å². The Kier molecular flexibility index (Phi) is 3.35. The second kappa shape index (κ2) is 4.60. The van der Waals surface area contributed by atoms with E-state index in [-0.39, 0.29) is 4.90 Å². The molecule has 1 aliphatic carbocycles. The zero-order valence-electron chi connectivity index (χ0n) is 10.4. The maximum atomic E-state index is 12.4. The van der Waals surface area contributed by atoms with Crippen molar-refractivity contribution in [3.63, 3.8) is 0 Å². The van der Waals surface area contributed by atoms with Gasteiger partial charge < -0.3 is 5.11 Å². The van der Waals surface area contributed by atoms with Crippen LogP contribution in [0, 0.1) is 23.7 Å². The van der Waals surface area contributed by atoms with Crippen molar-refractivity contribution < 1.29 is 32.7 Å². The van der Waals surface area contributed by atoms with Gasteiger partial charge in [-0.15, -0.1) is 0 Å². The Morgan fingerprint density at radius 2 is 1.90 bits per heavy atom. The Labute approximate surface area is 112 Å². The zero-order valence-corrected chi connectivity index (χ0v) is 10.4. The molecule has 2 aliphatic rings. The van der Waals surface area contributed by atoms with Gasteiger partial charge in [-0.25, -0.2) is 0 Å². The fraction of sp³-hybridized carbons (Fsp3) is 0.583. The van der Waals surface area contributed by atoms with Gasteiger partial charge in [0.05, 0.1) is 17.8 Å². The predicted octanol–water partition coefficient (Wildman–Crippen LogP) is 1.06. The van der Waals surface area contributed by atoms with Gasteiger partial charge in [0, 0.05) is 0 Å². The number of allylic oxidation sites excluding steroid dienone is 1. The maximum Gasteiger partial charge on any atom is 0.406 e. The molecule has 0 aromatic heterocycles. The van der Waals surface area contributed by atoms with Crippen LogP contribution in [0.3, 0.4) is 0 Å². The molecule has 0 unspecified atom stereocenters. The fourth-order valence-electron chi connectivity index (χ4n) is 2.81. The lowest BCUT2D eigenvalue weighted by atomic mass is 9.72. The normalized spacial score (nSPS) is 33.5. The molecule has 0 spiro atoms. The Morgan fingerprint density at radius 3 is 2.40 bits per heavy atom. The van der Waals surface area contributed by atoms with E-state index in [4.69, 9.17) is 5.11 Å². The minimum Gasteiger partial charge on any atom is -0.481 e. The molecule has 110 valence electrons. The van der Waals surface area contributed by atoms with Crippen LogP contribution in [0.1, 0.15) is 6.92 Å². The van der Waals surface area contributed by atoms with Crippen molar-refractivity contribution in [1.29, 1.82) is 0 Å². The molecular formula is C12H12F3NO4. The third-order valence-corrected chi connectivity index (χ3v) is 3.69. The first-order valence-electron chi connectivity index (χ1n) is 5.96. The van der Waals surface area contributed by atoms with E-state index in [1.165, 1.54) is 12.2 Å². The number of amides is 2. The molecule has 2 amide bonds. The number of fused-ring (bicyclic) bond motifs is 1. The Hall–Kier alpha value is -1.86. The van der Waals surface area contributed by atoms with Crippen LogP contribution in [0.5, 0.6) is 0 Å². The number of hydrogen-bond donors (Lipinski definition) is 1. The fourth-order valence-corrected chi connectivity index (χ4v) is 2.81. The average molecular weight is 291 g/mol. The number of carboxylic acids is 1. The van der Waals surface area contributed by atoms with E-state index in [9.17, 15) is 27.6 Å². The van der Waals surface area contributed by atoms with E-state index in [0.717, 1.165) is 0 Å². The van der Waals surface area contributed by atoms with E-state index < -0.39 is 54.2 Å². The number of halogens is 3. The van der Waals surface area contributed by atoms with E-state index in [0.29, 0.717) is 0 Å². The minimum absolute atomic E-state index is 0.119. The number of carbonyl (C=O) groups is 3. The molecule has 20 heavy (non-hydrogen) atoms. The predicted molar refractivity (Wildman–Crippen MR) is 59.2 cm³/mol. The lowest BCUT2D eigenvalue weighted by Gasteiger charge is -2.28. The van der Waals surface area contributed by atoms with Gasteiger partial charge in [0.2, 0.25) is 11.8 Å². The summed E-state index contributed by atoms with van der Waals surface area (Å²) in [5, 5.41) is 9.14. The summed E-state index contributed by atoms with van der Waals surface area (Å²) in [6, 6.07) is 0. The summed E-state index contributed by atoms with van der Waals surface area (Å²) in [6.07, 6.45) is -1.90. The second-order valence-corrected chi connectivity index (χ2v) is 5.04. The van der Waals surface area contributed by atoms with Crippen LogP contribution in [-0.2, 0) is 14.4 Å². The zero-order chi connectivity index (χ0) is 15.2. The SMILES string of the molecule is C[C@@H]1C=C[C@H]2C(=O)N(CC(F)(F)F)C(=O)[C@@H]2[C@@H]1C(=O)O. The first-order valence-corrected chi connectivity index (χ1v) is 5.96. The van der Waals surface area contributed by atoms with Gasteiger partial charge in [-0.05, 0) is 5.92 Å². The summed E-state index contributed by atoms with van der Waals surface area (Å²) in [6.45, 7) is -0.123. The first-order chi connectivity index (χ1) is 9.13. The van der Waals surface area contributed by atoms with Crippen LogP contribution in [0.2, 0.25) is 0 Å². The van der Waals surface area contributed by atoms with Crippen molar-refractivity contribution in [1.82, 2.24) is 4.90 Å². The highest BCUT2D eigenvalue weighted by atomic mass is 19.4. The second-order valence-electron chi connectivity index (χ2n) is 5.04. The van der Waals surface area contributed by atoms with Crippen molar-refractivity contribution in [3.8, 4) is 0 Å². The van der Waals surface area contributed by atoms with Gasteiger partial charge in [0.15, 0.2) is 0 Å². The standard InChI is InChI=1S/C12H12F3NO4/c1-5-2-3-6-8(7(5)11(19)20)10(18)16(9(6)17)4-12(13,14)15/h2-3,5-8H,4H2,1H3,(H,19,20)/t5-,6-,7-,8+/m1/s1. The van der Waals surface area contributed by atoms with Gasteiger partial charge >= 0.3 is 12.1 Å². The van der Waals surface area contributed by atoms with E-state index >= 15 is 0 Å². The molecule has 1 saturated heterocycles. The number of hydrogen-bond acceptors (Lipinski definition) is 3. The Morgan fingerprint density at radius 1 is 1.30 bits per heavy atom. The molecule has 1 heterocycles. The number of imide groups is 1. The number of likely N-dealkylation sites (tertiary alicyclic amines) is 1. The highest BCUT2D eigenvalue weighted by molar-refractivity contribution is 6.07. The van der Waals surface area contributed by atoms with Crippen molar-refractivity contribution in [2.45, 2.75) is 13.1 Å². The number of alkyl halides is 3. The van der Waals surface area contributed by atoms with Crippen LogP contribution in [0.25, 0.3) is 0 Å². The van der Waals surface area contributed by atoms with E-state index in [1.54, 1.807) is 6.92 Å². The number of nitrogens with zero attached hydrogens (tertiary/aromatic N) is 1. The molecule has 2 rings (SSSR count).